The smallest absolute Gasteiger partial charge is 0.298 e. The van der Waals surface area contributed by atoms with E-state index >= 15 is 0 Å². The van der Waals surface area contributed by atoms with Crippen LogP contribution in [0.3, 0.4) is 0 Å². The minimum Gasteiger partial charge on any atom is -0.298 e. The number of halogens is 3. The molecule has 100 valence electrons. The fraction of sp³-hybridized carbons (Fsp3) is 0.0625. The highest BCUT2D eigenvalue weighted by Crippen LogP contribution is 2.31. The molecule has 20 heavy (non-hydrogen) atoms. The second-order valence-corrected chi connectivity index (χ2v) is 4.00. The number of hydrogen-bond acceptors (Lipinski definition) is 1. The first-order valence-electron chi connectivity index (χ1n) is 5.75. The Balaban J connectivity index is 2.47. The van der Waals surface area contributed by atoms with E-state index < -0.39 is 11.7 Å². The molecule has 4 heteroatoms. The number of benzene rings is 2. The van der Waals surface area contributed by atoms with Crippen molar-refractivity contribution in [1.29, 1.82) is 0 Å². The third-order valence-electron chi connectivity index (χ3n) is 2.65. The lowest BCUT2D eigenvalue weighted by molar-refractivity contribution is -0.137. The molecule has 0 aliphatic carbocycles. The Bertz CT molecular complexity index is 691. The molecular formula is C16H9F3O. The first-order valence-corrected chi connectivity index (χ1v) is 5.75. The molecule has 0 aromatic heterocycles. The zero-order valence-electron chi connectivity index (χ0n) is 10.2. The van der Waals surface area contributed by atoms with Crippen molar-refractivity contribution in [3.8, 4) is 11.8 Å². The lowest BCUT2D eigenvalue weighted by Gasteiger charge is -2.08. The lowest BCUT2D eigenvalue weighted by atomic mass is 10.1. The Kier molecular flexibility index (Phi) is 3.90. The van der Waals surface area contributed by atoms with Crippen LogP contribution in [0.1, 0.15) is 27.0 Å². The van der Waals surface area contributed by atoms with Crippen LogP contribution in [0.2, 0.25) is 0 Å². The third kappa shape index (κ3) is 3.07. The van der Waals surface area contributed by atoms with Crippen LogP contribution in [0.25, 0.3) is 0 Å². The monoisotopic (exact) mass is 274 g/mol. The SMILES string of the molecule is O=Cc1ccccc1C#Cc1ccccc1C(F)(F)F. The summed E-state index contributed by atoms with van der Waals surface area (Å²) < 4.78 is 38.4. The Labute approximate surface area is 114 Å². The molecular weight excluding hydrogens is 265 g/mol. The quantitative estimate of drug-likeness (QED) is 0.569. The summed E-state index contributed by atoms with van der Waals surface area (Å²) in [6, 6.07) is 11.6. The van der Waals surface area contributed by atoms with Gasteiger partial charge >= 0.3 is 6.18 Å². The van der Waals surface area contributed by atoms with Crippen LogP contribution in [0.5, 0.6) is 0 Å². The fourth-order valence-corrected chi connectivity index (χ4v) is 1.69. The molecule has 0 aliphatic rings. The zero-order chi connectivity index (χ0) is 14.6. The van der Waals surface area contributed by atoms with E-state index in [4.69, 9.17) is 0 Å². The molecule has 0 N–H and O–H groups in total. The van der Waals surface area contributed by atoms with Gasteiger partial charge in [0.1, 0.15) is 0 Å². The van der Waals surface area contributed by atoms with Gasteiger partial charge in [0, 0.05) is 16.7 Å². The van der Waals surface area contributed by atoms with Gasteiger partial charge in [-0.05, 0) is 18.2 Å². The molecule has 0 spiro atoms. The standard InChI is InChI=1S/C16H9F3O/c17-16(18,19)15-8-4-3-6-13(15)10-9-12-5-1-2-7-14(12)11-20/h1-8,11H. The van der Waals surface area contributed by atoms with Gasteiger partial charge in [0.25, 0.3) is 0 Å². The van der Waals surface area contributed by atoms with Crippen LogP contribution < -0.4 is 0 Å². The minimum atomic E-state index is -4.45. The molecule has 0 saturated heterocycles. The van der Waals surface area contributed by atoms with Crippen molar-refractivity contribution in [2.45, 2.75) is 6.18 Å². The number of alkyl halides is 3. The summed E-state index contributed by atoms with van der Waals surface area (Å²) in [5, 5.41) is 0. The largest absolute Gasteiger partial charge is 0.417 e. The lowest BCUT2D eigenvalue weighted by Crippen LogP contribution is -2.07. The summed E-state index contributed by atoms with van der Waals surface area (Å²) in [4.78, 5) is 10.8. The molecule has 0 atom stereocenters. The van der Waals surface area contributed by atoms with E-state index in [1.165, 1.54) is 18.2 Å². The Morgan fingerprint density at radius 3 is 2.05 bits per heavy atom. The van der Waals surface area contributed by atoms with E-state index in [0.29, 0.717) is 17.4 Å². The topological polar surface area (TPSA) is 17.1 Å². The van der Waals surface area contributed by atoms with E-state index in [1.54, 1.807) is 24.3 Å². The van der Waals surface area contributed by atoms with Gasteiger partial charge in [0.05, 0.1) is 5.56 Å². The van der Waals surface area contributed by atoms with Crippen molar-refractivity contribution in [1.82, 2.24) is 0 Å². The first kappa shape index (κ1) is 13.9. The minimum absolute atomic E-state index is 0.110. The molecule has 2 aromatic carbocycles. The molecule has 1 nitrogen and oxygen atoms in total. The number of aldehydes is 1. The van der Waals surface area contributed by atoms with Gasteiger partial charge in [-0.15, -0.1) is 0 Å². The van der Waals surface area contributed by atoms with Crippen LogP contribution in [-0.2, 0) is 6.18 Å². The van der Waals surface area contributed by atoms with Gasteiger partial charge in [-0.25, -0.2) is 0 Å². The van der Waals surface area contributed by atoms with E-state index in [0.717, 1.165) is 6.07 Å². The molecule has 0 aliphatic heterocycles. The van der Waals surface area contributed by atoms with Gasteiger partial charge in [-0.3, -0.25) is 4.79 Å². The van der Waals surface area contributed by atoms with E-state index in [2.05, 4.69) is 11.8 Å². The Morgan fingerprint density at radius 2 is 1.40 bits per heavy atom. The number of carbonyl (C=O) groups excluding carboxylic acids is 1. The van der Waals surface area contributed by atoms with Gasteiger partial charge in [-0.1, -0.05) is 42.2 Å². The molecule has 2 aromatic rings. The average Bonchev–Trinajstić information content (AvgIpc) is 2.44. The normalized spacial score (nSPS) is 10.6. The third-order valence-corrected chi connectivity index (χ3v) is 2.65. The predicted molar refractivity (Wildman–Crippen MR) is 69.3 cm³/mol. The molecule has 0 saturated carbocycles. The first-order chi connectivity index (χ1) is 9.52. The fourth-order valence-electron chi connectivity index (χ4n) is 1.69. The molecule has 0 bridgehead atoms. The highest BCUT2D eigenvalue weighted by molar-refractivity contribution is 5.79. The van der Waals surface area contributed by atoms with Crippen molar-refractivity contribution in [3.63, 3.8) is 0 Å². The van der Waals surface area contributed by atoms with Crippen molar-refractivity contribution < 1.29 is 18.0 Å². The second-order valence-electron chi connectivity index (χ2n) is 4.00. The van der Waals surface area contributed by atoms with Crippen LogP contribution in [0.15, 0.2) is 48.5 Å². The average molecular weight is 274 g/mol. The van der Waals surface area contributed by atoms with Crippen LogP contribution in [-0.4, -0.2) is 6.29 Å². The van der Waals surface area contributed by atoms with Gasteiger partial charge < -0.3 is 0 Å². The summed E-state index contributed by atoms with van der Waals surface area (Å²) in [6.07, 6.45) is -3.82. The van der Waals surface area contributed by atoms with Gasteiger partial charge in [0.15, 0.2) is 6.29 Å². The molecule has 0 unspecified atom stereocenters. The summed E-state index contributed by atoms with van der Waals surface area (Å²) in [5.41, 5.74) is -0.138. The highest BCUT2D eigenvalue weighted by atomic mass is 19.4. The summed E-state index contributed by atoms with van der Waals surface area (Å²) in [7, 11) is 0. The number of hydrogen-bond donors (Lipinski definition) is 0. The van der Waals surface area contributed by atoms with Crippen molar-refractivity contribution >= 4 is 6.29 Å². The maximum atomic E-state index is 12.8. The predicted octanol–water partition coefficient (Wildman–Crippen LogP) is 3.92. The molecule has 0 heterocycles. The van der Waals surface area contributed by atoms with Gasteiger partial charge in [0.2, 0.25) is 0 Å². The Hall–Kier alpha value is -2.54. The maximum absolute atomic E-state index is 12.8. The van der Waals surface area contributed by atoms with Crippen LogP contribution in [0, 0.1) is 11.8 Å². The van der Waals surface area contributed by atoms with E-state index in [9.17, 15) is 18.0 Å². The zero-order valence-corrected chi connectivity index (χ0v) is 10.2. The maximum Gasteiger partial charge on any atom is 0.417 e. The molecule has 0 amide bonds. The second kappa shape index (κ2) is 5.62. The number of rotatable bonds is 1. The van der Waals surface area contributed by atoms with Crippen LogP contribution >= 0.6 is 0 Å². The highest BCUT2D eigenvalue weighted by Gasteiger charge is 2.32. The summed E-state index contributed by atoms with van der Waals surface area (Å²) in [6.45, 7) is 0. The van der Waals surface area contributed by atoms with Crippen molar-refractivity contribution in [3.05, 3.63) is 70.8 Å². The van der Waals surface area contributed by atoms with Crippen LogP contribution in [0.4, 0.5) is 13.2 Å². The van der Waals surface area contributed by atoms with E-state index in [-0.39, 0.29) is 5.56 Å². The van der Waals surface area contributed by atoms with Crippen molar-refractivity contribution in [2.75, 3.05) is 0 Å². The van der Waals surface area contributed by atoms with Crippen molar-refractivity contribution in [2.24, 2.45) is 0 Å². The molecule has 0 fully saturated rings. The van der Waals surface area contributed by atoms with Gasteiger partial charge in [-0.2, -0.15) is 13.2 Å². The Morgan fingerprint density at radius 1 is 0.850 bits per heavy atom. The number of carbonyl (C=O) groups is 1. The summed E-state index contributed by atoms with van der Waals surface area (Å²) >= 11 is 0. The molecule has 0 radical (unpaired) electrons. The van der Waals surface area contributed by atoms with E-state index in [1.807, 2.05) is 0 Å². The summed E-state index contributed by atoms with van der Waals surface area (Å²) in [5.74, 6) is 5.09. The molecule has 2 rings (SSSR count).